The van der Waals surface area contributed by atoms with Crippen LogP contribution in [-0.2, 0) is 36.6 Å². The number of aromatic nitrogens is 2. The summed E-state index contributed by atoms with van der Waals surface area (Å²) in [5, 5.41) is 4.76. The highest BCUT2D eigenvalue weighted by molar-refractivity contribution is 7.89. The van der Waals surface area contributed by atoms with Crippen LogP contribution in [0.4, 0.5) is 5.69 Å². The van der Waals surface area contributed by atoms with E-state index in [0.717, 1.165) is 28.1 Å². The molecule has 0 saturated heterocycles. The molecule has 1 aliphatic heterocycles. The van der Waals surface area contributed by atoms with Crippen molar-refractivity contribution in [1.29, 1.82) is 0 Å². The number of para-hydroxylation sites is 1. The van der Waals surface area contributed by atoms with E-state index in [1.807, 2.05) is 86.2 Å². The van der Waals surface area contributed by atoms with Crippen LogP contribution < -0.4 is 4.90 Å². The normalized spacial score (nSPS) is 13.8. The number of rotatable bonds is 6. The summed E-state index contributed by atoms with van der Waals surface area (Å²) in [4.78, 5) is 15.6. The fraction of sp³-hybridized carbons (Fsp3) is 0.241. The number of amides is 1. The second kappa shape index (κ2) is 9.95. The molecule has 0 atom stereocenters. The highest BCUT2D eigenvalue weighted by Gasteiger charge is 2.33. The lowest BCUT2D eigenvalue weighted by Crippen LogP contribution is -2.37. The maximum absolute atomic E-state index is 13.7. The maximum Gasteiger partial charge on any atom is 0.258 e. The standard InChI is InChI=1S/C29H30N4O3S/c1-21-14-15-22(2)28(18-21)37(35,36)32-17-16-27-25(19-32)26(30-31(27)3)20-33(24-12-8-5-9-13-24)29(34)23-10-6-4-7-11-23/h4-15,18H,16-17,19-20H2,1-3H3. The van der Waals surface area contributed by atoms with Crippen LogP contribution in [-0.4, -0.2) is 35.0 Å². The quantitative estimate of drug-likeness (QED) is 0.376. The van der Waals surface area contributed by atoms with Crippen LogP contribution in [0.15, 0.2) is 83.8 Å². The zero-order chi connectivity index (χ0) is 26.2. The van der Waals surface area contributed by atoms with Gasteiger partial charge < -0.3 is 4.90 Å². The van der Waals surface area contributed by atoms with E-state index in [0.29, 0.717) is 29.1 Å². The first-order valence-corrected chi connectivity index (χ1v) is 13.7. The predicted molar refractivity (Wildman–Crippen MR) is 144 cm³/mol. The van der Waals surface area contributed by atoms with E-state index >= 15 is 0 Å². The van der Waals surface area contributed by atoms with Crippen LogP contribution >= 0.6 is 0 Å². The molecule has 4 aromatic rings. The van der Waals surface area contributed by atoms with Crippen molar-refractivity contribution < 1.29 is 13.2 Å². The van der Waals surface area contributed by atoms with E-state index in [-0.39, 0.29) is 19.0 Å². The first kappa shape index (κ1) is 24.9. The molecule has 1 aromatic heterocycles. The molecular formula is C29H30N4O3S. The van der Waals surface area contributed by atoms with E-state index in [2.05, 4.69) is 0 Å². The van der Waals surface area contributed by atoms with Crippen LogP contribution in [0.1, 0.15) is 38.4 Å². The van der Waals surface area contributed by atoms with E-state index in [4.69, 9.17) is 5.10 Å². The van der Waals surface area contributed by atoms with Gasteiger partial charge in [0.05, 0.1) is 17.1 Å². The summed E-state index contributed by atoms with van der Waals surface area (Å²) in [7, 11) is -1.81. The Morgan fingerprint density at radius 3 is 2.35 bits per heavy atom. The van der Waals surface area contributed by atoms with Gasteiger partial charge in [-0.05, 0) is 55.3 Å². The number of fused-ring (bicyclic) bond motifs is 1. The number of sulfonamides is 1. The molecule has 1 amide bonds. The zero-order valence-corrected chi connectivity index (χ0v) is 22.1. The van der Waals surface area contributed by atoms with Gasteiger partial charge in [-0.2, -0.15) is 9.40 Å². The highest BCUT2D eigenvalue weighted by Crippen LogP contribution is 2.30. The first-order chi connectivity index (χ1) is 17.8. The number of carbonyl (C=O) groups excluding carboxylic acids is 1. The average molecular weight is 515 g/mol. The molecule has 2 heterocycles. The third-order valence-electron chi connectivity index (χ3n) is 6.89. The third kappa shape index (κ3) is 4.82. The van der Waals surface area contributed by atoms with Gasteiger partial charge in [0, 0.05) is 49.1 Å². The topological polar surface area (TPSA) is 75.5 Å². The monoisotopic (exact) mass is 514 g/mol. The number of hydrogen-bond donors (Lipinski definition) is 0. The summed E-state index contributed by atoms with van der Waals surface area (Å²) in [6.07, 6.45) is 0.556. The molecule has 3 aromatic carbocycles. The third-order valence-corrected chi connectivity index (χ3v) is 8.88. The van der Waals surface area contributed by atoms with Gasteiger partial charge in [0.1, 0.15) is 0 Å². The molecule has 8 heteroatoms. The Morgan fingerprint density at radius 1 is 0.973 bits per heavy atom. The lowest BCUT2D eigenvalue weighted by atomic mass is 10.1. The first-order valence-electron chi connectivity index (χ1n) is 12.3. The highest BCUT2D eigenvalue weighted by atomic mass is 32.2. The van der Waals surface area contributed by atoms with Gasteiger partial charge in [-0.3, -0.25) is 9.48 Å². The van der Waals surface area contributed by atoms with Gasteiger partial charge in [-0.25, -0.2) is 8.42 Å². The van der Waals surface area contributed by atoms with Crippen molar-refractivity contribution in [3.63, 3.8) is 0 Å². The second-order valence-corrected chi connectivity index (χ2v) is 11.4. The van der Waals surface area contributed by atoms with Crippen molar-refractivity contribution >= 4 is 21.6 Å². The number of benzene rings is 3. The molecule has 0 fully saturated rings. The number of carbonyl (C=O) groups is 1. The van der Waals surface area contributed by atoms with Crippen LogP contribution in [0.2, 0.25) is 0 Å². The molecule has 0 bridgehead atoms. The van der Waals surface area contributed by atoms with Crippen molar-refractivity contribution in [3.05, 3.63) is 113 Å². The van der Waals surface area contributed by atoms with Crippen LogP contribution in [0.3, 0.4) is 0 Å². The number of aryl methyl sites for hydroxylation is 3. The predicted octanol–water partition coefficient (Wildman–Crippen LogP) is 4.63. The summed E-state index contributed by atoms with van der Waals surface area (Å²) in [5.74, 6) is -0.137. The van der Waals surface area contributed by atoms with Gasteiger partial charge in [-0.15, -0.1) is 0 Å². The van der Waals surface area contributed by atoms with Gasteiger partial charge >= 0.3 is 0 Å². The van der Waals surface area contributed by atoms with Gasteiger partial charge in [0.15, 0.2) is 0 Å². The fourth-order valence-corrected chi connectivity index (χ4v) is 6.59. The Balaban J connectivity index is 1.51. The summed E-state index contributed by atoms with van der Waals surface area (Å²) >= 11 is 0. The molecule has 1 aliphatic rings. The Bertz CT molecular complexity index is 1550. The minimum absolute atomic E-state index is 0.137. The van der Waals surface area contributed by atoms with Crippen molar-refractivity contribution in [2.45, 2.75) is 38.3 Å². The van der Waals surface area contributed by atoms with Gasteiger partial charge in [0.2, 0.25) is 10.0 Å². The fourth-order valence-electron chi connectivity index (χ4n) is 4.88. The lowest BCUT2D eigenvalue weighted by molar-refractivity contribution is 0.0984. The smallest absolute Gasteiger partial charge is 0.258 e. The van der Waals surface area contributed by atoms with E-state index in [1.165, 1.54) is 4.31 Å². The molecule has 0 aliphatic carbocycles. The van der Waals surface area contributed by atoms with Crippen LogP contribution in [0.5, 0.6) is 0 Å². The van der Waals surface area contributed by atoms with Crippen LogP contribution in [0.25, 0.3) is 0 Å². The molecule has 190 valence electrons. The van der Waals surface area contributed by atoms with Crippen molar-refractivity contribution in [2.24, 2.45) is 7.05 Å². The number of hydrogen-bond acceptors (Lipinski definition) is 4. The lowest BCUT2D eigenvalue weighted by Gasteiger charge is -2.28. The van der Waals surface area contributed by atoms with Gasteiger partial charge in [-0.1, -0.05) is 48.5 Å². The minimum Gasteiger partial charge on any atom is -0.302 e. The molecule has 7 nitrogen and oxygen atoms in total. The molecule has 0 unspecified atom stereocenters. The van der Waals surface area contributed by atoms with Crippen molar-refractivity contribution in [1.82, 2.24) is 14.1 Å². The van der Waals surface area contributed by atoms with Gasteiger partial charge in [0.25, 0.3) is 5.91 Å². The van der Waals surface area contributed by atoms with E-state index in [1.54, 1.807) is 23.1 Å². The molecule has 5 rings (SSSR count). The summed E-state index contributed by atoms with van der Waals surface area (Å²) in [6.45, 7) is 4.56. The molecular weight excluding hydrogens is 484 g/mol. The molecule has 0 N–H and O–H groups in total. The Kier molecular flexibility index (Phi) is 6.70. The van der Waals surface area contributed by atoms with E-state index < -0.39 is 10.0 Å². The van der Waals surface area contributed by atoms with Crippen molar-refractivity contribution in [2.75, 3.05) is 11.4 Å². The summed E-state index contributed by atoms with van der Waals surface area (Å²) in [5.41, 5.74) is 5.54. The maximum atomic E-state index is 13.7. The Hall–Kier alpha value is -3.75. The Morgan fingerprint density at radius 2 is 1.65 bits per heavy atom. The van der Waals surface area contributed by atoms with Crippen molar-refractivity contribution in [3.8, 4) is 0 Å². The number of anilines is 1. The SMILES string of the molecule is Cc1ccc(C)c(S(=O)(=O)N2CCc3c(c(CN(C(=O)c4ccccc4)c4ccccc4)nn3C)C2)c1. The molecule has 0 radical (unpaired) electrons. The molecule has 0 spiro atoms. The second-order valence-electron chi connectivity index (χ2n) is 9.45. The molecule has 0 saturated carbocycles. The summed E-state index contributed by atoms with van der Waals surface area (Å²) < 4.78 is 30.7. The minimum atomic E-state index is -3.69. The zero-order valence-electron chi connectivity index (χ0n) is 21.3. The van der Waals surface area contributed by atoms with Crippen LogP contribution in [0, 0.1) is 13.8 Å². The largest absolute Gasteiger partial charge is 0.302 e. The number of nitrogens with zero attached hydrogens (tertiary/aromatic N) is 4. The Labute approximate surface area is 218 Å². The summed E-state index contributed by atoms with van der Waals surface area (Å²) in [6, 6.07) is 24.2. The van der Waals surface area contributed by atoms with E-state index in [9.17, 15) is 13.2 Å². The average Bonchev–Trinajstić information content (AvgIpc) is 3.23. The molecule has 37 heavy (non-hydrogen) atoms.